The van der Waals surface area contributed by atoms with Crippen molar-refractivity contribution in [2.24, 2.45) is 0 Å². The molecule has 1 N–H and O–H groups in total. The summed E-state index contributed by atoms with van der Waals surface area (Å²) in [6, 6.07) is 7.50. The average molecular weight is 337 g/mol. The van der Waals surface area contributed by atoms with Gasteiger partial charge in [-0.05, 0) is 38.0 Å². The monoisotopic (exact) mass is 336 g/mol. The molecule has 0 heterocycles. The number of rotatable bonds is 4. The SMILES string of the molecule is CC(Oc1ccc(Br)cc1C#N)C(=O)NC1CCCC1. The van der Waals surface area contributed by atoms with Crippen LogP contribution in [0.25, 0.3) is 0 Å². The Balaban J connectivity index is 1.98. The quantitative estimate of drug-likeness (QED) is 0.918. The van der Waals surface area contributed by atoms with Crippen LogP contribution in [0.1, 0.15) is 38.2 Å². The van der Waals surface area contributed by atoms with Gasteiger partial charge in [-0.15, -0.1) is 0 Å². The van der Waals surface area contributed by atoms with Crippen molar-refractivity contribution >= 4 is 21.8 Å². The molecule has 0 radical (unpaired) electrons. The molecular weight excluding hydrogens is 320 g/mol. The van der Waals surface area contributed by atoms with Gasteiger partial charge in [-0.3, -0.25) is 4.79 Å². The molecule has 2 rings (SSSR count). The van der Waals surface area contributed by atoms with E-state index in [4.69, 9.17) is 10.00 Å². The maximum absolute atomic E-state index is 12.0. The van der Waals surface area contributed by atoms with Gasteiger partial charge in [-0.2, -0.15) is 5.26 Å². The van der Waals surface area contributed by atoms with E-state index in [0.29, 0.717) is 11.3 Å². The summed E-state index contributed by atoms with van der Waals surface area (Å²) in [5.41, 5.74) is 0.417. The number of carbonyl (C=O) groups is 1. The van der Waals surface area contributed by atoms with Gasteiger partial charge >= 0.3 is 0 Å². The van der Waals surface area contributed by atoms with Crippen LogP contribution in [0.3, 0.4) is 0 Å². The number of amides is 1. The first-order valence-corrected chi connectivity index (χ1v) is 7.56. The van der Waals surface area contributed by atoms with Crippen molar-refractivity contribution in [3.05, 3.63) is 28.2 Å². The van der Waals surface area contributed by atoms with Crippen LogP contribution in [-0.2, 0) is 4.79 Å². The van der Waals surface area contributed by atoms with Gasteiger partial charge in [0.1, 0.15) is 11.8 Å². The third-order valence-corrected chi connectivity index (χ3v) is 3.93. The topological polar surface area (TPSA) is 62.1 Å². The van der Waals surface area contributed by atoms with Crippen LogP contribution >= 0.6 is 15.9 Å². The fourth-order valence-electron chi connectivity index (χ4n) is 2.33. The normalized spacial score (nSPS) is 16.4. The fourth-order valence-corrected chi connectivity index (χ4v) is 2.69. The Morgan fingerprint density at radius 3 is 2.85 bits per heavy atom. The number of nitriles is 1. The Bertz CT molecular complexity index is 533. The van der Waals surface area contributed by atoms with Crippen LogP contribution < -0.4 is 10.1 Å². The molecule has 0 aromatic heterocycles. The summed E-state index contributed by atoms with van der Waals surface area (Å²) in [4.78, 5) is 12.0. The second-order valence-corrected chi connectivity index (χ2v) is 5.92. The van der Waals surface area contributed by atoms with Gasteiger partial charge in [0.05, 0.1) is 5.56 Å². The molecule has 1 aromatic rings. The molecule has 0 saturated heterocycles. The smallest absolute Gasteiger partial charge is 0.260 e. The summed E-state index contributed by atoms with van der Waals surface area (Å²) in [6.45, 7) is 1.70. The fraction of sp³-hybridized carbons (Fsp3) is 0.467. The van der Waals surface area contributed by atoms with Gasteiger partial charge in [0.25, 0.3) is 5.91 Å². The standard InChI is InChI=1S/C15H17BrN2O2/c1-10(15(19)18-13-4-2-3-5-13)20-14-7-6-12(16)8-11(14)9-17/h6-8,10,13H,2-5H2,1H3,(H,18,19). The first kappa shape index (κ1) is 14.9. The maximum atomic E-state index is 12.0. The Kier molecular flexibility index (Phi) is 5.02. The molecular formula is C15H17BrN2O2. The molecule has 1 fully saturated rings. The van der Waals surface area contributed by atoms with Crippen LogP contribution in [0, 0.1) is 11.3 Å². The van der Waals surface area contributed by atoms with E-state index in [2.05, 4.69) is 27.3 Å². The second-order valence-electron chi connectivity index (χ2n) is 5.00. The number of hydrogen-bond donors (Lipinski definition) is 1. The summed E-state index contributed by atoms with van der Waals surface area (Å²) in [7, 11) is 0. The summed E-state index contributed by atoms with van der Waals surface area (Å²) in [6.07, 6.45) is 3.82. The van der Waals surface area contributed by atoms with Crippen LogP contribution in [0.5, 0.6) is 5.75 Å². The van der Waals surface area contributed by atoms with Gasteiger partial charge in [0.2, 0.25) is 0 Å². The van der Waals surface area contributed by atoms with E-state index < -0.39 is 6.10 Å². The third kappa shape index (κ3) is 3.73. The van der Waals surface area contributed by atoms with Gasteiger partial charge < -0.3 is 10.1 Å². The minimum Gasteiger partial charge on any atom is -0.480 e. The number of halogens is 1. The number of nitrogens with one attached hydrogen (secondary N) is 1. The summed E-state index contributed by atoms with van der Waals surface area (Å²) in [5.74, 6) is 0.313. The highest BCUT2D eigenvalue weighted by molar-refractivity contribution is 9.10. The Morgan fingerprint density at radius 1 is 1.50 bits per heavy atom. The number of benzene rings is 1. The third-order valence-electron chi connectivity index (χ3n) is 3.44. The van der Waals surface area contributed by atoms with E-state index in [-0.39, 0.29) is 11.9 Å². The van der Waals surface area contributed by atoms with Crippen molar-refractivity contribution in [2.75, 3.05) is 0 Å². The molecule has 1 atom stereocenters. The van der Waals surface area contributed by atoms with Gasteiger partial charge in [-0.1, -0.05) is 28.8 Å². The Morgan fingerprint density at radius 2 is 2.20 bits per heavy atom. The molecule has 1 aliphatic carbocycles. The second kappa shape index (κ2) is 6.76. The lowest BCUT2D eigenvalue weighted by molar-refractivity contribution is -0.127. The highest BCUT2D eigenvalue weighted by Gasteiger charge is 2.22. The van der Waals surface area contributed by atoms with Gasteiger partial charge in [0.15, 0.2) is 6.10 Å². The zero-order valence-electron chi connectivity index (χ0n) is 11.4. The maximum Gasteiger partial charge on any atom is 0.260 e. The zero-order valence-corrected chi connectivity index (χ0v) is 12.9. The lowest BCUT2D eigenvalue weighted by Gasteiger charge is -2.18. The first-order valence-electron chi connectivity index (χ1n) is 6.77. The van der Waals surface area contributed by atoms with Crippen molar-refractivity contribution in [3.8, 4) is 11.8 Å². The van der Waals surface area contributed by atoms with E-state index in [9.17, 15) is 4.79 Å². The molecule has 0 spiro atoms. The molecule has 1 aromatic carbocycles. The molecule has 1 aliphatic rings. The van der Waals surface area contributed by atoms with Crippen molar-refractivity contribution in [1.29, 1.82) is 5.26 Å². The molecule has 0 aliphatic heterocycles. The summed E-state index contributed by atoms with van der Waals surface area (Å²) < 4.78 is 6.42. The summed E-state index contributed by atoms with van der Waals surface area (Å²) in [5, 5.41) is 12.1. The molecule has 0 bridgehead atoms. The number of ether oxygens (including phenoxy) is 1. The van der Waals surface area contributed by atoms with Crippen molar-refractivity contribution in [1.82, 2.24) is 5.32 Å². The number of nitrogens with zero attached hydrogens (tertiary/aromatic N) is 1. The Hall–Kier alpha value is -1.54. The highest BCUT2D eigenvalue weighted by atomic mass is 79.9. The van der Waals surface area contributed by atoms with Gasteiger partial charge in [-0.25, -0.2) is 0 Å². The number of carbonyl (C=O) groups excluding carboxylic acids is 1. The van der Waals surface area contributed by atoms with Crippen LogP contribution in [0.15, 0.2) is 22.7 Å². The van der Waals surface area contributed by atoms with Crippen molar-refractivity contribution in [3.63, 3.8) is 0 Å². The molecule has 5 heteroatoms. The number of hydrogen-bond acceptors (Lipinski definition) is 3. The van der Waals surface area contributed by atoms with E-state index >= 15 is 0 Å². The van der Waals surface area contributed by atoms with E-state index in [1.807, 2.05) is 0 Å². The lowest BCUT2D eigenvalue weighted by atomic mass is 10.2. The Labute approximate surface area is 127 Å². The summed E-state index contributed by atoms with van der Waals surface area (Å²) >= 11 is 3.30. The molecule has 1 amide bonds. The highest BCUT2D eigenvalue weighted by Crippen LogP contribution is 2.23. The van der Waals surface area contributed by atoms with E-state index in [1.165, 1.54) is 12.8 Å². The van der Waals surface area contributed by atoms with Gasteiger partial charge in [0, 0.05) is 10.5 Å². The van der Waals surface area contributed by atoms with Crippen LogP contribution in [0.2, 0.25) is 0 Å². The predicted octanol–water partition coefficient (Wildman–Crippen LogP) is 3.15. The van der Waals surface area contributed by atoms with Crippen LogP contribution in [0.4, 0.5) is 0 Å². The van der Waals surface area contributed by atoms with E-state index in [1.54, 1.807) is 25.1 Å². The minimum absolute atomic E-state index is 0.122. The first-order chi connectivity index (χ1) is 9.60. The van der Waals surface area contributed by atoms with Crippen molar-refractivity contribution < 1.29 is 9.53 Å². The molecule has 1 unspecified atom stereocenters. The predicted molar refractivity (Wildman–Crippen MR) is 79.3 cm³/mol. The molecule has 106 valence electrons. The van der Waals surface area contributed by atoms with E-state index in [0.717, 1.165) is 17.3 Å². The van der Waals surface area contributed by atoms with Crippen LogP contribution in [-0.4, -0.2) is 18.1 Å². The lowest BCUT2D eigenvalue weighted by Crippen LogP contribution is -2.41. The molecule has 1 saturated carbocycles. The zero-order chi connectivity index (χ0) is 14.5. The largest absolute Gasteiger partial charge is 0.480 e. The average Bonchev–Trinajstić information content (AvgIpc) is 2.93. The molecule has 20 heavy (non-hydrogen) atoms. The molecule has 4 nitrogen and oxygen atoms in total. The van der Waals surface area contributed by atoms with Crippen molar-refractivity contribution in [2.45, 2.75) is 44.8 Å². The minimum atomic E-state index is -0.608.